The first-order chi connectivity index (χ1) is 5.09. The van der Waals surface area contributed by atoms with Crippen LogP contribution in [-0.4, -0.2) is 51.0 Å². The molecule has 0 fully saturated rings. The summed E-state index contributed by atoms with van der Waals surface area (Å²) in [5.74, 6) is 0.981. The van der Waals surface area contributed by atoms with E-state index >= 15 is 0 Å². The van der Waals surface area contributed by atoms with Crippen molar-refractivity contribution in [2.75, 3.05) is 35.2 Å². The van der Waals surface area contributed by atoms with E-state index < -0.39 is 0 Å². The van der Waals surface area contributed by atoms with Crippen LogP contribution in [0.1, 0.15) is 13.8 Å². The zero-order chi connectivity index (χ0) is 9.44. The number of hydrogen-bond donors (Lipinski definition) is 0. The Labute approximate surface area is 70.7 Å². The second-order valence-corrected chi connectivity index (χ2v) is 2.31. The van der Waals surface area contributed by atoms with Crippen LogP contribution in [0.5, 0.6) is 0 Å². The number of rotatable bonds is 0. The zero-order valence-electron chi connectivity index (χ0n) is 8.84. The lowest BCUT2D eigenvalue weighted by Crippen LogP contribution is -2.35. The highest BCUT2D eigenvalue weighted by atomic mass is 15.3. The molecule has 0 amide bonds. The van der Waals surface area contributed by atoms with Crippen LogP contribution in [0.25, 0.3) is 0 Å². The molecule has 0 saturated carbocycles. The average Bonchev–Trinajstić information content (AvgIpc) is 1.91. The molecule has 0 spiro atoms. The van der Waals surface area contributed by atoms with Gasteiger partial charge in [-0.15, -0.1) is 0 Å². The van der Waals surface area contributed by atoms with Crippen molar-refractivity contribution in [1.82, 2.24) is 9.80 Å². The van der Waals surface area contributed by atoms with Gasteiger partial charge in [-0.1, -0.05) is 13.8 Å². The molecule has 0 aliphatic heterocycles. The molecule has 0 aliphatic rings. The SMILES string of the molecule is CC.CN=C(N(C)C)N(C)C. The summed E-state index contributed by atoms with van der Waals surface area (Å²) in [6.07, 6.45) is 0. The quantitative estimate of drug-likeness (QED) is 0.389. The van der Waals surface area contributed by atoms with Gasteiger partial charge in [0.05, 0.1) is 0 Å². The predicted molar refractivity (Wildman–Crippen MR) is 52.1 cm³/mol. The van der Waals surface area contributed by atoms with Crippen LogP contribution in [-0.2, 0) is 0 Å². The van der Waals surface area contributed by atoms with Gasteiger partial charge >= 0.3 is 0 Å². The van der Waals surface area contributed by atoms with Crippen molar-refractivity contribution in [3.63, 3.8) is 0 Å². The molecule has 0 aliphatic carbocycles. The summed E-state index contributed by atoms with van der Waals surface area (Å²) >= 11 is 0. The number of aliphatic imine (C=N–C) groups is 1. The molecule has 0 aromatic heterocycles. The van der Waals surface area contributed by atoms with Crippen molar-refractivity contribution >= 4 is 5.96 Å². The maximum absolute atomic E-state index is 4.06. The molecule has 0 radical (unpaired) electrons. The Hall–Kier alpha value is -0.730. The third kappa shape index (κ3) is 5.70. The molecular formula is C8H21N3. The normalized spacial score (nSPS) is 7.55. The van der Waals surface area contributed by atoms with E-state index in [9.17, 15) is 0 Å². The van der Waals surface area contributed by atoms with Gasteiger partial charge in [-0.05, 0) is 0 Å². The first-order valence-corrected chi connectivity index (χ1v) is 3.91. The molecule has 0 rings (SSSR count). The highest BCUT2D eigenvalue weighted by Gasteiger charge is 1.99. The van der Waals surface area contributed by atoms with Crippen molar-refractivity contribution in [3.05, 3.63) is 0 Å². The van der Waals surface area contributed by atoms with Crippen molar-refractivity contribution in [2.45, 2.75) is 13.8 Å². The van der Waals surface area contributed by atoms with Gasteiger partial charge in [-0.3, -0.25) is 4.99 Å². The van der Waals surface area contributed by atoms with Crippen LogP contribution in [0.15, 0.2) is 4.99 Å². The smallest absolute Gasteiger partial charge is 0.195 e. The Morgan fingerprint density at radius 1 is 0.909 bits per heavy atom. The third-order valence-corrected chi connectivity index (χ3v) is 1.000. The van der Waals surface area contributed by atoms with Crippen molar-refractivity contribution in [1.29, 1.82) is 0 Å². The van der Waals surface area contributed by atoms with Gasteiger partial charge < -0.3 is 9.80 Å². The number of guanidine groups is 1. The summed E-state index contributed by atoms with van der Waals surface area (Å²) in [7, 11) is 9.69. The van der Waals surface area contributed by atoms with E-state index in [1.54, 1.807) is 7.05 Å². The summed E-state index contributed by atoms with van der Waals surface area (Å²) in [4.78, 5) is 8.00. The molecule has 0 unspecified atom stereocenters. The predicted octanol–water partition coefficient (Wildman–Crippen LogP) is 1.12. The highest BCUT2D eigenvalue weighted by molar-refractivity contribution is 5.78. The van der Waals surface area contributed by atoms with Crippen molar-refractivity contribution in [3.8, 4) is 0 Å². The third-order valence-electron chi connectivity index (χ3n) is 1.000. The highest BCUT2D eigenvalue weighted by Crippen LogP contribution is 1.85. The van der Waals surface area contributed by atoms with Crippen LogP contribution in [0, 0.1) is 0 Å². The minimum atomic E-state index is 0.981. The number of nitrogens with zero attached hydrogens (tertiary/aromatic N) is 3. The lowest BCUT2D eigenvalue weighted by molar-refractivity contribution is 0.482. The summed E-state index contributed by atoms with van der Waals surface area (Å²) < 4.78 is 0. The second kappa shape index (κ2) is 7.38. The van der Waals surface area contributed by atoms with Gasteiger partial charge in [0.25, 0.3) is 0 Å². The van der Waals surface area contributed by atoms with Gasteiger partial charge in [0.2, 0.25) is 0 Å². The van der Waals surface area contributed by atoms with E-state index in [-0.39, 0.29) is 0 Å². The minimum absolute atomic E-state index is 0.981. The average molecular weight is 159 g/mol. The fourth-order valence-corrected chi connectivity index (χ4v) is 0.800. The van der Waals surface area contributed by atoms with Crippen LogP contribution >= 0.6 is 0 Å². The van der Waals surface area contributed by atoms with E-state index in [0.717, 1.165) is 5.96 Å². The molecule has 0 aromatic rings. The van der Waals surface area contributed by atoms with Crippen molar-refractivity contribution < 1.29 is 0 Å². The molecule has 0 aromatic carbocycles. The lowest BCUT2D eigenvalue weighted by Gasteiger charge is -2.21. The molecule has 0 bridgehead atoms. The summed E-state index contributed by atoms with van der Waals surface area (Å²) in [6, 6.07) is 0. The van der Waals surface area contributed by atoms with E-state index in [1.807, 2.05) is 51.8 Å². The minimum Gasteiger partial charge on any atom is -0.349 e. The van der Waals surface area contributed by atoms with Gasteiger partial charge in [-0.2, -0.15) is 0 Å². The molecule has 0 saturated heterocycles. The topological polar surface area (TPSA) is 18.8 Å². The van der Waals surface area contributed by atoms with E-state index in [0.29, 0.717) is 0 Å². The summed E-state index contributed by atoms with van der Waals surface area (Å²) in [5, 5.41) is 0. The molecule has 0 heterocycles. The van der Waals surface area contributed by atoms with E-state index in [4.69, 9.17) is 0 Å². The summed E-state index contributed by atoms with van der Waals surface area (Å²) in [5.41, 5.74) is 0. The van der Waals surface area contributed by atoms with Gasteiger partial charge in [0, 0.05) is 35.2 Å². The van der Waals surface area contributed by atoms with Crippen LogP contribution in [0.2, 0.25) is 0 Å². The monoisotopic (exact) mass is 159 g/mol. The maximum Gasteiger partial charge on any atom is 0.195 e. The second-order valence-electron chi connectivity index (χ2n) is 2.31. The van der Waals surface area contributed by atoms with Crippen LogP contribution in [0.3, 0.4) is 0 Å². The maximum atomic E-state index is 4.06. The fourth-order valence-electron chi connectivity index (χ4n) is 0.800. The van der Waals surface area contributed by atoms with E-state index in [1.165, 1.54) is 0 Å². The molecule has 0 atom stereocenters. The molecule has 3 heteroatoms. The Kier molecular flexibility index (Phi) is 8.65. The zero-order valence-corrected chi connectivity index (χ0v) is 8.84. The first-order valence-electron chi connectivity index (χ1n) is 3.91. The fraction of sp³-hybridized carbons (Fsp3) is 0.875. The standard InChI is InChI=1S/C6H15N3.C2H6/c1-7-6(8(2)3)9(4)5;1-2/h1-5H3;1-2H3. The van der Waals surface area contributed by atoms with E-state index in [2.05, 4.69) is 4.99 Å². The van der Waals surface area contributed by atoms with Gasteiger partial charge in [-0.25, -0.2) is 0 Å². The van der Waals surface area contributed by atoms with Crippen LogP contribution < -0.4 is 0 Å². The Morgan fingerprint density at radius 3 is 1.18 bits per heavy atom. The van der Waals surface area contributed by atoms with Gasteiger partial charge in [0.15, 0.2) is 5.96 Å². The summed E-state index contributed by atoms with van der Waals surface area (Å²) in [6.45, 7) is 4.00. The Morgan fingerprint density at radius 2 is 1.18 bits per heavy atom. The molecule has 3 nitrogen and oxygen atoms in total. The molecule has 0 N–H and O–H groups in total. The largest absolute Gasteiger partial charge is 0.349 e. The molecule has 68 valence electrons. The lowest BCUT2D eigenvalue weighted by atomic mass is 10.7. The Balaban J connectivity index is 0. The molecular weight excluding hydrogens is 138 g/mol. The first kappa shape index (κ1) is 12.9. The molecule has 11 heavy (non-hydrogen) atoms. The van der Waals surface area contributed by atoms with Crippen molar-refractivity contribution in [2.24, 2.45) is 4.99 Å². The van der Waals surface area contributed by atoms with Crippen LogP contribution in [0.4, 0.5) is 0 Å². The van der Waals surface area contributed by atoms with Gasteiger partial charge in [0.1, 0.15) is 0 Å². The number of hydrogen-bond acceptors (Lipinski definition) is 1. The Bertz CT molecular complexity index is 95.9.